The van der Waals surface area contributed by atoms with Gasteiger partial charge in [-0.15, -0.1) is 0 Å². The van der Waals surface area contributed by atoms with Crippen LogP contribution in [-0.4, -0.2) is 31.4 Å². The van der Waals surface area contributed by atoms with Crippen molar-refractivity contribution >= 4 is 11.8 Å². The van der Waals surface area contributed by atoms with Gasteiger partial charge in [-0.2, -0.15) is 0 Å². The maximum atomic E-state index is 11.3. The normalized spacial score (nSPS) is 10.4. The molecule has 0 aliphatic carbocycles. The van der Waals surface area contributed by atoms with Crippen LogP contribution >= 0.6 is 0 Å². The third kappa shape index (κ3) is 11.4. The minimum atomic E-state index is -0.307. The van der Waals surface area contributed by atoms with Crippen LogP contribution in [0.3, 0.4) is 0 Å². The van der Waals surface area contributed by atoms with E-state index in [1.54, 1.807) is 0 Å². The van der Waals surface area contributed by atoms with E-state index >= 15 is 0 Å². The van der Waals surface area contributed by atoms with Crippen molar-refractivity contribution < 1.29 is 9.59 Å². The van der Waals surface area contributed by atoms with Gasteiger partial charge in [0.05, 0.1) is 13.1 Å². The van der Waals surface area contributed by atoms with Crippen molar-refractivity contribution in [3.8, 4) is 0 Å². The van der Waals surface area contributed by atoms with Crippen LogP contribution < -0.4 is 16.4 Å². The third-order valence-corrected chi connectivity index (χ3v) is 2.66. The predicted molar refractivity (Wildman–Crippen MR) is 73.0 cm³/mol. The van der Waals surface area contributed by atoms with Crippen LogP contribution in [0, 0.1) is 5.92 Å². The number of carbonyl (C=O) groups is 2. The highest BCUT2D eigenvalue weighted by Crippen LogP contribution is 2.08. The van der Waals surface area contributed by atoms with E-state index in [0.717, 1.165) is 18.8 Å². The van der Waals surface area contributed by atoms with Gasteiger partial charge in [0.2, 0.25) is 11.8 Å². The number of rotatable bonds is 10. The minimum absolute atomic E-state index is 0.0172. The predicted octanol–water partition coefficient (Wildman–Crippen LogP) is 0.784. The zero-order chi connectivity index (χ0) is 13.8. The summed E-state index contributed by atoms with van der Waals surface area (Å²) in [6.45, 7) is 5.08. The number of carbonyl (C=O) groups excluding carboxylic acids is 2. The van der Waals surface area contributed by atoms with Gasteiger partial charge in [-0.1, -0.05) is 39.5 Å². The highest BCUT2D eigenvalue weighted by atomic mass is 16.2. The van der Waals surface area contributed by atoms with Crippen molar-refractivity contribution in [2.45, 2.75) is 46.0 Å². The van der Waals surface area contributed by atoms with E-state index in [-0.39, 0.29) is 24.9 Å². The van der Waals surface area contributed by atoms with Gasteiger partial charge in [-0.05, 0) is 12.3 Å². The number of nitrogens with one attached hydrogen (secondary N) is 2. The zero-order valence-corrected chi connectivity index (χ0v) is 11.6. The Morgan fingerprint density at radius 1 is 1.00 bits per heavy atom. The van der Waals surface area contributed by atoms with Crippen molar-refractivity contribution in [2.75, 3.05) is 19.6 Å². The summed E-state index contributed by atoms with van der Waals surface area (Å²) >= 11 is 0. The summed E-state index contributed by atoms with van der Waals surface area (Å²) in [5.41, 5.74) is 5.10. The summed E-state index contributed by atoms with van der Waals surface area (Å²) in [5, 5.41) is 5.20. The maximum absolute atomic E-state index is 11.3. The molecule has 0 rings (SSSR count). The van der Waals surface area contributed by atoms with Crippen molar-refractivity contribution in [1.29, 1.82) is 0 Å². The minimum Gasteiger partial charge on any atom is -0.355 e. The van der Waals surface area contributed by atoms with Crippen LogP contribution in [0.1, 0.15) is 46.0 Å². The Morgan fingerprint density at radius 3 is 2.28 bits per heavy atom. The Balaban J connectivity index is 3.28. The lowest BCUT2D eigenvalue weighted by Gasteiger charge is -2.07. The van der Waals surface area contributed by atoms with Gasteiger partial charge in [0.15, 0.2) is 0 Å². The average Bonchev–Trinajstić information content (AvgIpc) is 2.34. The molecule has 0 fully saturated rings. The first kappa shape index (κ1) is 16.9. The highest BCUT2D eigenvalue weighted by molar-refractivity contribution is 5.85. The summed E-state index contributed by atoms with van der Waals surface area (Å²) in [4.78, 5) is 22.1. The molecule has 0 aliphatic heterocycles. The van der Waals surface area contributed by atoms with Crippen molar-refractivity contribution in [3.63, 3.8) is 0 Å². The number of unbranched alkanes of at least 4 members (excludes halogenated alkanes) is 3. The summed E-state index contributed by atoms with van der Waals surface area (Å²) in [5.74, 6) is 0.314. The quantitative estimate of drug-likeness (QED) is 0.506. The summed E-state index contributed by atoms with van der Waals surface area (Å²) in [7, 11) is 0. The monoisotopic (exact) mass is 257 g/mol. The van der Waals surface area contributed by atoms with Gasteiger partial charge in [0.25, 0.3) is 0 Å². The van der Waals surface area contributed by atoms with Gasteiger partial charge < -0.3 is 16.4 Å². The van der Waals surface area contributed by atoms with E-state index in [9.17, 15) is 9.59 Å². The summed E-state index contributed by atoms with van der Waals surface area (Å²) in [6, 6.07) is 0. The Bertz CT molecular complexity index is 242. The van der Waals surface area contributed by atoms with Gasteiger partial charge in [-0.3, -0.25) is 9.59 Å². The second-order valence-electron chi connectivity index (χ2n) is 4.93. The van der Waals surface area contributed by atoms with Gasteiger partial charge >= 0.3 is 0 Å². The molecule has 0 spiro atoms. The molecule has 18 heavy (non-hydrogen) atoms. The Kier molecular flexibility index (Phi) is 10.3. The van der Waals surface area contributed by atoms with Gasteiger partial charge in [-0.25, -0.2) is 0 Å². The van der Waals surface area contributed by atoms with Crippen molar-refractivity contribution in [2.24, 2.45) is 11.7 Å². The van der Waals surface area contributed by atoms with Crippen LogP contribution in [0.2, 0.25) is 0 Å². The van der Waals surface area contributed by atoms with Crippen LogP contribution in [0.5, 0.6) is 0 Å². The fourth-order valence-electron chi connectivity index (χ4n) is 1.57. The molecule has 0 unspecified atom stereocenters. The Labute approximate surface area is 110 Å². The molecule has 0 aromatic heterocycles. The lowest BCUT2D eigenvalue weighted by atomic mass is 10.0. The first-order chi connectivity index (χ1) is 8.56. The number of hydrogen-bond acceptors (Lipinski definition) is 3. The molecule has 0 heterocycles. The first-order valence-corrected chi connectivity index (χ1v) is 6.79. The topological polar surface area (TPSA) is 84.2 Å². The van der Waals surface area contributed by atoms with Crippen LogP contribution in [0.15, 0.2) is 0 Å². The van der Waals surface area contributed by atoms with E-state index in [4.69, 9.17) is 5.73 Å². The van der Waals surface area contributed by atoms with E-state index in [0.29, 0.717) is 6.54 Å². The molecule has 0 bridgehead atoms. The third-order valence-electron chi connectivity index (χ3n) is 2.66. The molecule has 0 saturated carbocycles. The smallest absolute Gasteiger partial charge is 0.239 e. The van der Waals surface area contributed by atoms with E-state index in [1.807, 2.05) is 0 Å². The van der Waals surface area contributed by atoms with Gasteiger partial charge in [0.1, 0.15) is 0 Å². The SMILES string of the molecule is CC(C)CCCCCCNC(=O)CNC(=O)CN. The fraction of sp³-hybridized carbons (Fsp3) is 0.846. The second kappa shape index (κ2) is 11.0. The Hall–Kier alpha value is -1.10. The molecule has 0 aromatic carbocycles. The number of nitrogens with two attached hydrogens (primary N) is 1. The molecule has 0 aliphatic rings. The molecule has 0 radical (unpaired) electrons. The lowest BCUT2D eigenvalue weighted by Crippen LogP contribution is -2.39. The average molecular weight is 257 g/mol. The summed E-state index contributed by atoms with van der Waals surface area (Å²) in [6.07, 6.45) is 5.89. The van der Waals surface area contributed by atoms with Crippen LogP contribution in [-0.2, 0) is 9.59 Å². The largest absolute Gasteiger partial charge is 0.355 e. The lowest BCUT2D eigenvalue weighted by molar-refractivity contribution is -0.125. The molecule has 0 aromatic rings. The summed E-state index contributed by atoms with van der Waals surface area (Å²) < 4.78 is 0. The van der Waals surface area contributed by atoms with Gasteiger partial charge in [0, 0.05) is 6.54 Å². The number of amides is 2. The Morgan fingerprint density at radius 2 is 1.67 bits per heavy atom. The van der Waals surface area contributed by atoms with E-state index in [1.165, 1.54) is 19.3 Å². The molecule has 2 amide bonds. The molecule has 0 saturated heterocycles. The molecule has 5 heteroatoms. The first-order valence-electron chi connectivity index (χ1n) is 6.79. The van der Waals surface area contributed by atoms with Crippen LogP contribution in [0.25, 0.3) is 0 Å². The molecule has 0 atom stereocenters. The zero-order valence-electron chi connectivity index (χ0n) is 11.6. The molecule has 4 N–H and O–H groups in total. The molecular formula is C13H27N3O2. The standard InChI is InChI=1S/C13H27N3O2/c1-11(2)7-5-3-4-6-8-15-13(18)10-16-12(17)9-14/h11H,3-10,14H2,1-2H3,(H,15,18)(H,16,17). The number of hydrogen-bond donors (Lipinski definition) is 3. The molecule has 106 valence electrons. The van der Waals surface area contributed by atoms with E-state index < -0.39 is 0 Å². The van der Waals surface area contributed by atoms with Crippen molar-refractivity contribution in [3.05, 3.63) is 0 Å². The fourth-order valence-corrected chi connectivity index (χ4v) is 1.57. The highest BCUT2D eigenvalue weighted by Gasteiger charge is 2.02. The second-order valence-corrected chi connectivity index (χ2v) is 4.93. The van der Waals surface area contributed by atoms with Crippen molar-refractivity contribution in [1.82, 2.24) is 10.6 Å². The van der Waals surface area contributed by atoms with Crippen LogP contribution in [0.4, 0.5) is 0 Å². The maximum Gasteiger partial charge on any atom is 0.239 e. The van der Waals surface area contributed by atoms with E-state index in [2.05, 4.69) is 24.5 Å². The molecular weight excluding hydrogens is 230 g/mol. The molecule has 5 nitrogen and oxygen atoms in total.